The number of hydrogen-bond acceptors (Lipinski definition) is 6. The number of pyridine rings is 1. The van der Waals surface area contributed by atoms with E-state index in [0.29, 0.717) is 5.69 Å². The number of allylic oxidation sites excluding steroid dienone is 1. The van der Waals surface area contributed by atoms with E-state index in [1.807, 2.05) is 23.6 Å². The van der Waals surface area contributed by atoms with Gasteiger partial charge in [0.15, 0.2) is 17.3 Å². The standard InChI is InChI=1S/C19H14F2N2O3S/c1-25-17-10-12(5-8-16(17)26-19(20)21)15(24)7-6-13-11-27-18(23-13)14-4-2-3-9-22-14/h2-11,19H,1H3/b7-6+. The Bertz CT molecular complexity index is 959. The van der Waals surface area contributed by atoms with Crippen LogP contribution in [0.15, 0.2) is 54.1 Å². The van der Waals surface area contributed by atoms with Crippen LogP contribution in [-0.2, 0) is 0 Å². The Kier molecular flexibility index (Phi) is 5.87. The van der Waals surface area contributed by atoms with Crippen molar-refractivity contribution in [3.63, 3.8) is 0 Å². The Hall–Kier alpha value is -3.13. The summed E-state index contributed by atoms with van der Waals surface area (Å²) in [4.78, 5) is 21.0. The van der Waals surface area contributed by atoms with Gasteiger partial charge in [0.25, 0.3) is 0 Å². The van der Waals surface area contributed by atoms with Crippen LogP contribution in [0.1, 0.15) is 16.1 Å². The van der Waals surface area contributed by atoms with E-state index in [2.05, 4.69) is 14.7 Å². The van der Waals surface area contributed by atoms with Gasteiger partial charge in [0.1, 0.15) is 5.01 Å². The van der Waals surface area contributed by atoms with Crippen LogP contribution in [-0.4, -0.2) is 29.5 Å². The second kappa shape index (κ2) is 8.50. The lowest BCUT2D eigenvalue weighted by atomic mass is 10.1. The molecule has 0 spiro atoms. The van der Waals surface area contributed by atoms with Gasteiger partial charge in [0, 0.05) is 17.1 Å². The van der Waals surface area contributed by atoms with Gasteiger partial charge in [-0.2, -0.15) is 8.78 Å². The fourth-order valence-electron chi connectivity index (χ4n) is 2.24. The summed E-state index contributed by atoms with van der Waals surface area (Å²) in [6, 6.07) is 9.57. The molecule has 0 amide bonds. The molecule has 1 aromatic carbocycles. The van der Waals surface area contributed by atoms with E-state index in [-0.39, 0.29) is 22.8 Å². The Labute approximate surface area is 157 Å². The van der Waals surface area contributed by atoms with Gasteiger partial charge in [-0.05, 0) is 42.5 Å². The monoisotopic (exact) mass is 388 g/mol. The lowest BCUT2D eigenvalue weighted by molar-refractivity contribution is -0.0512. The Morgan fingerprint density at radius 2 is 2.07 bits per heavy atom. The first-order valence-electron chi connectivity index (χ1n) is 7.79. The number of nitrogens with zero attached hydrogens (tertiary/aromatic N) is 2. The van der Waals surface area contributed by atoms with E-state index in [0.717, 1.165) is 10.7 Å². The minimum atomic E-state index is -2.97. The zero-order valence-corrected chi connectivity index (χ0v) is 15.0. The number of rotatable bonds is 7. The van der Waals surface area contributed by atoms with E-state index in [1.54, 1.807) is 12.3 Å². The zero-order chi connectivity index (χ0) is 19.2. The van der Waals surface area contributed by atoms with Crippen LogP contribution in [0.2, 0.25) is 0 Å². The molecule has 0 saturated carbocycles. The van der Waals surface area contributed by atoms with E-state index in [9.17, 15) is 13.6 Å². The van der Waals surface area contributed by atoms with Gasteiger partial charge in [-0.25, -0.2) is 4.98 Å². The maximum absolute atomic E-state index is 12.4. The third-order valence-electron chi connectivity index (χ3n) is 3.48. The number of ether oxygens (including phenoxy) is 2. The van der Waals surface area contributed by atoms with Crippen molar-refractivity contribution < 1.29 is 23.0 Å². The molecule has 0 saturated heterocycles. The van der Waals surface area contributed by atoms with Crippen LogP contribution >= 0.6 is 11.3 Å². The van der Waals surface area contributed by atoms with Crippen LogP contribution in [0, 0.1) is 0 Å². The highest BCUT2D eigenvalue weighted by atomic mass is 32.1. The first kappa shape index (κ1) is 18.7. The zero-order valence-electron chi connectivity index (χ0n) is 14.1. The van der Waals surface area contributed by atoms with Gasteiger partial charge in [0.05, 0.1) is 18.5 Å². The quantitative estimate of drug-likeness (QED) is 0.433. The minimum absolute atomic E-state index is 0.0562. The molecule has 0 atom stereocenters. The summed E-state index contributed by atoms with van der Waals surface area (Å²) < 4.78 is 34.1. The van der Waals surface area contributed by atoms with Crippen LogP contribution in [0.4, 0.5) is 8.78 Å². The first-order valence-corrected chi connectivity index (χ1v) is 8.67. The fraction of sp³-hybridized carbons (Fsp3) is 0.105. The number of carbonyl (C=O) groups is 1. The molecule has 0 aliphatic rings. The highest BCUT2D eigenvalue weighted by molar-refractivity contribution is 7.13. The Balaban J connectivity index is 1.74. The number of benzene rings is 1. The third-order valence-corrected chi connectivity index (χ3v) is 4.36. The van der Waals surface area contributed by atoms with Crippen molar-refractivity contribution in [3.05, 3.63) is 65.3 Å². The maximum atomic E-state index is 12.4. The van der Waals surface area contributed by atoms with Crippen molar-refractivity contribution in [1.29, 1.82) is 0 Å². The molecule has 0 N–H and O–H groups in total. The van der Waals surface area contributed by atoms with Gasteiger partial charge >= 0.3 is 6.61 Å². The summed E-state index contributed by atoms with van der Waals surface area (Å²) in [7, 11) is 1.31. The van der Waals surface area contributed by atoms with E-state index in [4.69, 9.17) is 4.74 Å². The lowest BCUT2D eigenvalue weighted by Crippen LogP contribution is -2.04. The lowest BCUT2D eigenvalue weighted by Gasteiger charge is -2.10. The van der Waals surface area contributed by atoms with Crippen LogP contribution in [0.25, 0.3) is 16.8 Å². The average Bonchev–Trinajstić information content (AvgIpc) is 3.16. The van der Waals surface area contributed by atoms with Crippen molar-refractivity contribution >= 4 is 23.2 Å². The molecule has 27 heavy (non-hydrogen) atoms. The molecule has 3 aromatic rings. The SMILES string of the molecule is COc1cc(C(=O)/C=C/c2csc(-c3ccccn3)n2)ccc1OC(F)F. The van der Waals surface area contributed by atoms with Crippen LogP contribution in [0.3, 0.4) is 0 Å². The molecule has 0 unspecified atom stereocenters. The summed E-state index contributed by atoms with van der Waals surface area (Å²) >= 11 is 1.42. The number of carbonyl (C=O) groups excluding carboxylic acids is 1. The average molecular weight is 388 g/mol. The molecule has 5 nitrogen and oxygen atoms in total. The Morgan fingerprint density at radius 3 is 2.78 bits per heavy atom. The largest absolute Gasteiger partial charge is 0.493 e. The Morgan fingerprint density at radius 1 is 1.22 bits per heavy atom. The van der Waals surface area contributed by atoms with E-state index in [1.165, 1.54) is 42.7 Å². The predicted octanol–water partition coefficient (Wildman–Crippen LogP) is 4.71. The predicted molar refractivity (Wildman–Crippen MR) is 98.3 cm³/mol. The number of aromatic nitrogens is 2. The number of ketones is 1. The second-order valence-electron chi connectivity index (χ2n) is 5.23. The summed E-state index contributed by atoms with van der Waals surface area (Å²) in [5.41, 5.74) is 1.66. The molecule has 8 heteroatoms. The summed E-state index contributed by atoms with van der Waals surface area (Å²) in [5, 5.41) is 2.56. The number of halogens is 2. The normalized spacial score (nSPS) is 11.1. The van der Waals surface area contributed by atoms with Crippen LogP contribution < -0.4 is 9.47 Å². The minimum Gasteiger partial charge on any atom is -0.493 e. The van der Waals surface area contributed by atoms with Gasteiger partial charge in [-0.3, -0.25) is 9.78 Å². The number of hydrogen-bond donors (Lipinski definition) is 0. The third kappa shape index (κ3) is 4.73. The second-order valence-corrected chi connectivity index (χ2v) is 6.09. The molecule has 0 aliphatic carbocycles. The van der Waals surface area contributed by atoms with Crippen molar-refractivity contribution in [2.45, 2.75) is 6.61 Å². The van der Waals surface area contributed by atoms with Crippen molar-refractivity contribution in [2.24, 2.45) is 0 Å². The molecular formula is C19H14F2N2O3S. The highest BCUT2D eigenvalue weighted by Crippen LogP contribution is 2.30. The topological polar surface area (TPSA) is 61.3 Å². The number of thiazole rings is 1. The first-order chi connectivity index (χ1) is 13.1. The smallest absolute Gasteiger partial charge is 0.387 e. The van der Waals surface area contributed by atoms with Gasteiger partial charge in [0.2, 0.25) is 0 Å². The van der Waals surface area contributed by atoms with Gasteiger partial charge in [-0.15, -0.1) is 11.3 Å². The molecule has 2 aromatic heterocycles. The van der Waals surface area contributed by atoms with Crippen molar-refractivity contribution in [2.75, 3.05) is 7.11 Å². The molecule has 3 rings (SSSR count). The van der Waals surface area contributed by atoms with E-state index < -0.39 is 6.61 Å². The molecule has 0 aliphatic heterocycles. The number of alkyl halides is 2. The van der Waals surface area contributed by atoms with Gasteiger partial charge in [-0.1, -0.05) is 6.07 Å². The van der Waals surface area contributed by atoms with Crippen LogP contribution in [0.5, 0.6) is 11.5 Å². The van der Waals surface area contributed by atoms with E-state index >= 15 is 0 Å². The molecule has 0 bridgehead atoms. The summed E-state index contributed by atoms with van der Waals surface area (Å²) in [5.74, 6) is -0.391. The van der Waals surface area contributed by atoms with Gasteiger partial charge < -0.3 is 9.47 Å². The molecule has 0 fully saturated rings. The van der Waals surface area contributed by atoms with Crippen molar-refractivity contribution in [3.8, 4) is 22.2 Å². The molecule has 0 radical (unpaired) electrons. The molecular weight excluding hydrogens is 374 g/mol. The summed E-state index contributed by atoms with van der Waals surface area (Å²) in [6.07, 6.45) is 4.63. The number of methoxy groups -OCH3 is 1. The molecule has 138 valence electrons. The fourth-order valence-corrected chi connectivity index (χ4v) is 3.00. The summed E-state index contributed by atoms with van der Waals surface area (Å²) in [6.45, 7) is -2.97. The maximum Gasteiger partial charge on any atom is 0.387 e. The molecule has 2 heterocycles. The van der Waals surface area contributed by atoms with Crippen molar-refractivity contribution in [1.82, 2.24) is 9.97 Å². The highest BCUT2D eigenvalue weighted by Gasteiger charge is 2.13.